The van der Waals surface area contributed by atoms with Crippen LogP contribution in [-0.2, 0) is 29.0 Å². The highest BCUT2D eigenvalue weighted by Gasteiger charge is 2.69. The number of ketones is 1. The summed E-state index contributed by atoms with van der Waals surface area (Å²) in [6.07, 6.45) is -2.25. The Labute approximate surface area is 145 Å². The summed E-state index contributed by atoms with van der Waals surface area (Å²) in [6.45, 7) is -0.505. The van der Waals surface area contributed by atoms with Crippen LogP contribution in [0.15, 0.2) is 4.99 Å². The maximum Gasteiger partial charge on any atom is 0.398 e. The van der Waals surface area contributed by atoms with E-state index >= 15 is 0 Å². The van der Waals surface area contributed by atoms with E-state index in [1.54, 1.807) is 0 Å². The molecule has 2 fully saturated rings. The van der Waals surface area contributed by atoms with Gasteiger partial charge in [-0.25, -0.2) is 14.2 Å². The number of nitrogens with zero attached hydrogens (tertiary/aromatic N) is 3. The quantitative estimate of drug-likeness (QED) is 0.197. The molecule has 0 aromatic carbocycles. The van der Waals surface area contributed by atoms with Crippen molar-refractivity contribution in [3.63, 3.8) is 0 Å². The molecule has 0 aliphatic carbocycles. The second-order valence-electron chi connectivity index (χ2n) is 5.77. The highest BCUT2D eigenvalue weighted by molar-refractivity contribution is 7.80. The number of hydrogen-bond acceptors (Lipinski definition) is 12. The van der Waals surface area contributed by atoms with Gasteiger partial charge < -0.3 is 20.8 Å². The third kappa shape index (κ3) is 2.54. The fraction of sp³-hybridized carbons (Fsp3) is 0.600. The summed E-state index contributed by atoms with van der Waals surface area (Å²) < 4.78 is 35.2. The van der Waals surface area contributed by atoms with Crippen LogP contribution in [0.4, 0.5) is 0 Å². The summed E-state index contributed by atoms with van der Waals surface area (Å²) in [6, 6.07) is -2.50. The minimum Gasteiger partial charge on any atom is -0.373 e. The first-order valence-electron chi connectivity index (χ1n) is 7.06. The van der Waals surface area contributed by atoms with E-state index in [0.29, 0.717) is 5.06 Å². The first-order valence-corrected chi connectivity index (χ1v) is 8.43. The fourth-order valence-corrected chi connectivity index (χ4v) is 3.86. The zero-order chi connectivity index (χ0) is 19.4. The molecule has 8 N–H and O–H groups in total. The normalized spacial score (nSPS) is 33.5. The van der Waals surface area contributed by atoms with Crippen molar-refractivity contribution in [1.82, 2.24) is 15.3 Å². The maximum atomic E-state index is 12.8. The first kappa shape index (κ1) is 18.3. The van der Waals surface area contributed by atoms with Crippen molar-refractivity contribution in [3.8, 4) is 0 Å². The number of aliphatic imine (C=N–C) groups is 1. The lowest BCUT2D eigenvalue weighted by Gasteiger charge is -2.49. The highest BCUT2D eigenvalue weighted by atomic mass is 32.3. The topological polar surface area (TPSA) is 234 Å². The van der Waals surface area contributed by atoms with Gasteiger partial charge >= 0.3 is 16.4 Å². The summed E-state index contributed by atoms with van der Waals surface area (Å²) in [7, 11) is -4.98. The summed E-state index contributed by atoms with van der Waals surface area (Å²) in [5.74, 6) is 2.03. The van der Waals surface area contributed by atoms with Gasteiger partial charge in [-0.1, -0.05) is 0 Å². The van der Waals surface area contributed by atoms with Crippen molar-refractivity contribution in [2.24, 2.45) is 16.6 Å². The lowest BCUT2D eigenvalue weighted by Crippen LogP contribution is -2.75. The first-order chi connectivity index (χ1) is 12.0. The zero-order valence-corrected chi connectivity index (χ0v) is 13.7. The number of hydrogen-bond donors (Lipinski definition) is 6. The molecular weight excluding hydrogens is 378 g/mol. The molecule has 4 atom stereocenters. The Hall–Kier alpha value is -2.53. The van der Waals surface area contributed by atoms with Gasteiger partial charge in [-0.3, -0.25) is 24.8 Å². The van der Waals surface area contributed by atoms with Crippen LogP contribution < -0.4 is 16.9 Å². The van der Waals surface area contributed by atoms with Gasteiger partial charge in [-0.2, -0.15) is 14.3 Å². The van der Waals surface area contributed by atoms with E-state index in [0.717, 1.165) is 4.90 Å². The monoisotopic (exact) mass is 393 g/mol. The Morgan fingerprint density at radius 1 is 1.54 bits per heavy atom. The molecule has 1 unspecified atom stereocenters. The lowest BCUT2D eigenvalue weighted by atomic mass is 9.87. The van der Waals surface area contributed by atoms with Crippen molar-refractivity contribution in [1.29, 1.82) is 5.41 Å². The van der Waals surface area contributed by atoms with Crippen molar-refractivity contribution in [2.75, 3.05) is 6.54 Å². The van der Waals surface area contributed by atoms with Crippen LogP contribution in [0.5, 0.6) is 0 Å². The third-order valence-corrected chi connectivity index (χ3v) is 4.84. The number of nitrogens with two attached hydrogens (primary N) is 2. The van der Waals surface area contributed by atoms with Crippen LogP contribution in [0, 0.1) is 5.41 Å². The Morgan fingerprint density at radius 3 is 2.77 bits per heavy atom. The predicted molar refractivity (Wildman–Crippen MR) is 79.4 cm³/mol. The number of carbonyl (C=O) groups excluding carboxylic acids is 2. The molecule has 16 heteroatoms. The van der Waals surface area contributed by atoms with Gasteiger partial charge in [-0.15, -0.1) is 0 Å². The van der Waals surface area contributed by atoms with Gasteiger partial charge in [0.25, 0.3) is 0 Å². The van der Waals surface area contributed by atoms with E-state index in [1.807, 2.05) is 0 Å². The highest BCUT2D eigenvalue weighted by Crippen LogP contribution is 2.40. The largest absolute Gasteiger partial charge is 0.398 e. The number of nitrogens with one attached hydrogen (secondary N) is 2. The van der Waals surface area contributed by atoms with E-state index in [-0.39, 0.29) is 5.96 Å². The SMILES string of the molecule is N=C1N(O)[C@@H](CC(=O)ON)[C@@H]2N=C(N)NC23C(=O)[C@H](OS(=O)(=O)O)CN13. The van der Waals surface area contributed by atoms with E-state index in [4.69, 9.17) is 21.6 Å². The molecule has 3 aliphatic heterocycles. The molecule has 3 aliphatic rings. The van der Waals surface area contributed by atoms with E-state index in [9.17, 15) is 23.2 Å². The molecule has 1 spiro atoms. The number of guanidine groups is 2. The number of Topliss-reactive ketones (excluding diaryl/α,β-unsaturated/α-hetero) is 1. The summed E-state index contributed by atoms with van der Waals surface area (Å²) >= 11 is 0. The maximum absolute atomic E-state index is 12.8. The zero-order valence-electron chi connectivity index (χ0n) is 12.9. The summed E-state index contributed by atoms with van der Waals surface area (Å²) in [5.41, 5.74) is 3.76. The van der Waals surface area contributed by atoms with Crippen LogP contribution in [0.25, 0.3) is 0 Å². The molecule has 0 amide bonds. The third-order valence-electron chi connectivity index (χ3n) is 4.36. The van der Waals surface area contributed by atoms with Crippen LogP contribution in [-0.4, -0.2) is 82.2 Å². The average Bonchev–Trinajstić information content (AvgIpc) is 3.02. The van der Waals surface area contributed by atoms with Crippen LogP contribution in [0.3, 0.4) is 0 Å². The van der Waals surface area contributed by atoms with Gasteiger partial charge in [-0.05, 0) is 0 Å². The van der Waals surface area contributed by atoms with Gasteiger partial charge in [0.15, 0.2) is 12.1 Å². The number of rotatable bonds is 4. The predicted octanol–water partition coefficient (Wildman–Crippen LogP) is -4.14. The Balaban J connectivity index is 2.04. The molecular formula is C10H15N7O8S. The molecule has 0 bridgehead atoms. The Kier molecular flexibility index (Phi) is 4.03. The van der Waals surface area contributed by atoms with Crippen molar-refractivity contribution in [3.05, 3.63) is 0 Å². The minimum absolute atomic E-state index is 0.241. The van der Waals surface area contributed by atoms with E-state index in [2.05, 4.69) is 19.3 Å². The van der Waals surface area contributed by atoms with Gasteiger partial charge in [0.1, 0.15) is 6.04 Å². The standard InChI is InChI=1S/C10H15N7O8S/c11-8-14-6-3(1-5(18)24-13)17(20)9(12)16-2-4(25-26(21,22)23)7(19)10(6,16)15-8/h3-4,6,12,20H,1-2,13H2,(H3,11,14,15)(H,21,22,23)/t3-,4+,6-,10?/m0/s1. The number of carbonyl (C=O) groups is 2. The van der Waals surface area contributed by atoms with Crippen LogP contribution in [0.1, 0.15) is 6.42 Å². The Morgan fingerprint density at radius 2 is 2.19 bits per heavy atom. The second kappa shape index (κ2) is 5.74. The molecule has 144 valence electrons. The van der Waals surface area contributed by atoms with Gasteiger partial charge in [0.2, 0.25) is 17.4 Å². The van der Waals surface area contributed by atoms with Crippen LogP contribution >= 0.6 is 0 Å². The molecule has 15 nitrogen and oxygen atoms in total. The Bertz CT molecular complexity index is 814. The molecule has 0 aromatic heterocycles. The van der Waals surface area contributed by atoms with Crippen molar-refractivity contribution < 1.29 is 36.8 Å². The smallest absolute Gasteiger partial charge is 0.373 e. The molecule has 3 heterocycles. The average molecular weight is 393 g/mol. The summed E-state index contributed by atoms with van der Waals surface area (Å²) in [4.78, 5) is 33.4. The number of hydroxylamine groups is 2. The molecule has 3 rings (SSSR count). The van der Waals surface area contributed by atoms with E-state index in [1.165, 1.54) is 0 Å². The van der Waals surface area contributed by atoms with Crippen LogP contribution in [0.2, 0.25) is 0 Å². The molecule has 26 heavy (non-hydrogen) atoms. The van der Waals surface area contributed by atoms with E-state index < -0.39 is 64.9 Å². The van der Waals surface area contributed by atoms with Gasteiger partial charge in [0, 0.05) is 0 Å². The molecule has 2 saturated heterocycles. The van der Waals surface area contributed by atoms with Crippen molar-refractivity contribution >= 4 is 34.1 Å². The molecule has 0 radical (unpaired) electrons. The fourth-order valence-electron chi connectivity index (χ4n) is 3.42. The second-order valence-corrected chi connectivity index (χ2v) is 6.82. The molecule has 0 aromatic rings. The minimum atomic E-state index is -4.98. The molecule has 0 saturated carbocycles. The van der Waals surface area contributed by atoms with Crippen molar-refractivity contribution in [2.45, 2.75) is 30.3 Å². The van der Waals surface area contributed by atoms with Gasteiger partial charge in [0.05, 0.1) is 19.0 Å². The summed E-state index contributed by atoms with van der Waals surface area (Å²) in [5, 5.41) is 21.2. The lowest BCUT2D eigenvalue weighted by molar-refractivity contribution is -0.158.